The number of benzene rings is 2. The lowest BCUT2D eigenvalue weighted by Crippen LogP contribution is -2.00. The van der Waals surface area contributed by atoms with Crippen LogP contribution in [0, 0.1) is 0 Å². The van der Waals surface area contributed by atoms with Crippen LogP contribution >= 0.6 is 0 Å². The first-order chi connectivity index (χ1) is 10.1. The highest BCUT2D eigenvalue weighted by Gasteiger charge is 2.03. The Hall–Kier alpha value is -2.36. The summed E-state index contributed by atoms with van der Waals surface area (Å²) in [4.78, 5) is 20.8. The molecule has 4 heteroatoms. The van der Waals surface area contributed by atoms with Crippen LogP contribution in [0.25, 0.3) is 10.8 Å². The Morgan fingerprint density at radius 3 is 2.33 bits per heavy atom. The molecule has 0 aliphatic rings. The molecule has 2 aromatic carbocycles. The van der Waals surface area contributed by atoms with E-state index in [9.17, 15) is 9.59 Å². The van der Waals surface area contributed by atoms with Gasteiger partial charge in [0.15, 0.2) is 0 Å². The Morgan fingerprint density at radius 2 is 1.76 bits per heavy atom. The van der Waals surface area contributed by atoms with Crippen LogP contribution in [0.5, 0.6) is 0 Å². The van der Waals surface area contributed by atoms with E-state index in [0.29, 0.717) is 6.42 Å². The molecule has 2 aromatic rings. The molecule has 0 aliphatic carbocycles. The fourth-order valence-electron chi connectivity index (χ4n) is 1.92. The molecule has 0 spiro atoms. The normalized spacial score (nSPS) is 9.62. The highest BCUT2D eigenvalue weighted by Crippen LogP contribution is 2.18. The lowest BCUT2D eigenvalue weighted by molar-refractivity contribution is -0.140. The highest BCUT2D eigenvalue weighted by atomic mass is 16.5. The minimum atomic E-state index is -0.790. The molecule has 0 radical (unpaired) electrons. The Balaban J connectivity index is 0.000000270. The van der Waals surface area contributed by atoms with Crippen molar-refractivity contribution in [2.45, 2.75) is 26.2 Å². The van der Waals surface area contributed by atoms with Crippen molar-refractivity contribution < 1.29 is 19.4 Å². The lowest BCUT2D eigenvalue weighted by Gasteiger charge is -2.02. The van der Waals surface area contributed by atoms with E-state index in [1.165, 1.54) is 7.11 Å². The number of hydrogen-bond acceptors (Lipinski definition) is 3. The van der Waals surface area contributed by atoms with Gasteiger partial charge in [0, 0.05) is 6.42 Å². The Labute approximate surface area is 124 Å². The average molecular weight is 288 g/mol. The van der Waals surface area contributed by atoms with E-state index >= 15 is 0 Å². The number of methoxy groups -OCH3 is 1. The lowest BCUT2D eigenvalue weighted by atomic mass is 10.0. The van der Waals surface area contributed by atoms with Gasteiger partial charge in [-0.25, -0.2) is 0 Å². The summed E-state index contributed by atoms with van der Waals surface area (Å²) in [5.74, 6) is -0.913. The summed E-state index contributed by atoms with van der Waals surface area (Å²) in [6.07, 6.45) is 1.49. The SMILES string of the molecule is CCCC(=O)OC.O=C(O)Cc1cccc2ccccc12. The van der Waals surface area contributed by atoms with Gasteiger partial charge in [0.05, 0.1) is 13.5 Å². The van der Waals surface area contributed by atoms with Gasteiger partial charge in [-0.15, -0.1) is 0 Å². The van der Waals surface area contributed by atoms with Crippen LogP contribution in [0.2, 0.25) is 0 Å². The molecule has 0 aromatic heterocycles. The van der Waals surface area contributed by atoms with Crippen molar-refractivity contribution in [2.75, 3.05) is 7.11 Å². The first kappa shape index (κ1) is 16.7. The van der Waals surface area contributed by atoms with Crippen LogP contribution in [0.3, 0.4) is 0 Å². The number of ether oxygens (including phenoxy) is 1. The summed E-state index contributed by atoms with van der Waals surface area (Å²) in [5, 5.41) is 10.8. The molecule has 0 saturated heterocycles. The highest BCUT2D eigenvalue weighted by molar-refractivity contribution is 5.88. The monoisotopic (exact) mass is 288 g/mol. The number of hydrogen-bond donors (Lipinski definition) is 1. The van der Waals surface area contributed by atoms with Crippen molar-refractivity contribution in [1.82, 2.24) is 0 Å². The Morgan fingerprint density at radius 1 is 1.10 bits per heavy atom. The molecule has 1 N–H and O–H groups in total. The van der Waals surface area contributed by atoms with E-state index in [2.05, 4.69) is 4.74 Å². The molecule has 0 heterocycles. The molecule has 112 valence electrons. The molecule has 0 fully saturated rings. The quantitative estimate of drug-likeness (QED) is 0.875. The van der Waals surface area contributed by atoms with Crippen molar-refractivity contribution in [1.29, 1.82) is 0 Å². The van der Waals surface area contributed by atoms with Crippen molar-refractivity contribution in [3.05, 3.63) is 48.0 Å². The molecular formula is C17H20O4. The van der Waals surface area contributed by atoms with Crippen molar-refractivity contribution in [3.8, 4) is 0 Å². The summed E-state index contributed by atoms with van der Waals surface area (Å²) in [6.45, 7) is 1.94. The zero-order chi connectivity index (χ0) is 15.7. The van der Waals surface area contributed by atoms with E-state index in [1.54, 1.807) is 0 Å². The largest absolute Gasteiger partial charge is 0.481 e. The van der Waals surface area contributed by atoms with Gasteiger partial charge in [0.25, 0.3) is 0 Å². The van der Waals surface area contributed by atoms with Gasteiger partial charge in [0.2, 0.25) is 0 Å². The predicted molar refractivity (Wildman–Crippen MR) is 82.2 cm³/mol. The zero-order valence-electron chi connectivity index (χ0n) is 12.3. The van der Waals surface area contributed by atoms with Gasteiger partial charge in [0.1, 0.15) is 0 Å². The topological polar surface area (TPSA) is 63.6 Å². The Bertz CT molecular complexity index is 599. The number of fused-ring (bicyclic) bond motifs is 1. The fourth-order valence-corrected chi connectivity index (χ4v) is 1.92. The van der Waals surface area contributed by atoms with Gasteiger partial charge in [-0.05, 0) is 22.8 Å². The average Bonchev–Trinajstić information content (AvgIpc) is 2.48. The number of carbonyl (C=O) groups is 2. The van der Waals surface area contributed by atoms with E-state index in [4.69, 9.17) is 5.11 Å². The van der Waals surface area contributed by atoms with Gasteiger partial charge in [-0.3, -0.25) is 9.59 Å². The summed E-state index contributed by atoms with van der Waals surface area (Å²) in [5.41, 5.74) is 0.871. The minimum absolute atomic E-state index is 0.0847. The van der Waals surface area contributed by atoms with Crippen molar-refractivity contribution >= 4 is 22.7 Å². The first-order valence-corrected chi connectivity index (χ1v) is 6.83. The molecule has 4 nitrogen and oxygen atoms in total. The Kier molecular flexibility index (Phi) is 6.95. The van der Waals surface area contributed by atoms with Crippen LogP contribution < -0.4 is 0 Å². The van der Waals surface area contributed by atoms with Crippen LogP contribution in [-0.2, 0) is 20.7 Å². The summed E-state index contributed by atoms with van der Waals surface area (Å²) in [7, 11) is 1.40. The van der Waals surface area contributed by atoms with Gasteiger partial charge in [-0.2, -0.15) is 0 Å². The second-order valence-electron chi connectivity index (χ2n) is 4.53. The third-order valence-electron chi connectivity index (χ3n) is 2.90. The van der Waals surface area contributed by atoms with Crippen molar-refractivity contribution in [2.24, 2.45) is 0 Å². The standard InChI is InChI=1S/C12H10O2.C5H10O2/c13-12(14)8-10-6-3-5-9-4-1-2-7-11(9)10;1-3-4-5(6)7-2/h1-7H,8H2,(H,13,14);3-4H2,1-2H3. The molecular weight excluding hydrogens is 268 g/mol. The number of aliphatic carboxylic acids is 1. The molecule has 0 unspecified atom stereocenters. The smallest absolute Gasteiger partial charge is 0.307 e. The van der Waals surface area contributed by atoms with E-state index < -0.39 is 5.97 Å². The summed E-state index contributed by atoms with van der Waals surface area (Å²) < 4.78 is 4.35. The molecule has 0 aliphatic heterocycles. The van der Waals surface area contributed by atoms with E-state index in [1.807, 2.05) is 49.4 Å². The molecule has 2 rings (SSSR count). The summed E-state index contributed by atoms with van der Waals surface area (Å²) >= 11 is 0. The van der Waals surface area contributed by atoms with Crippen LogP contribution in [0.1, 0.15) is 25.3 Å². The van der Waals surface area contributed by atoms with Gasteiger partial charge >= 0.3 is 11.9 Å². The second kappa shape index (κ2) is 8.74. The number of carboxylic acid groups (broad SMARTS) is 1. The third kappa shape index (κ3) is 5.65. The number of carbonyl (C=O) groups excluding carboxylic acids is 1. The second-order valence-corrected chi connectivity index (χ2v) is 4.53. The summed E-state index contributed by atoms with van der Waals surface area (Å²) in [6, 6.07) is 13.5. The molecule has 0 atom stereocenters. The first-order valence-electron chi connectivity index (χ1n) is 6.83. The number of esters is 1. The van der Waals surface area contributed by atoms with Crippen molar-refractivity contribution in [3.63, 3.8) is 0 Å². The predicted octanol–water partition coefficient (Wildman–Crippen LogP) is 3.43. The maximum absolute atomic E-state index is 10.6. The van der Waals surface area contributed by atoms with E-state index in [0.717, 1.165) is 22.8 Å². The number of carboxylic acids is 1. The van der Waals surface area contributed by atoms with Crippen LogP contribution in [-0.4, -0.2) is 24.2 Å². The molecule has 21 heavy (non-hydrogen) atoms. The minimum Gasteiger partial charge on any atom is -0.481 e. The molecule has 0 saturated carbocycles. The fraction of sp³-hybridized carbons (Fsp3) is 0.294. The van der Waals surface area contributed by atoms with Gasteiger partial charge < -0.3 is 9.84 Å². The van der Waals surface area contributed by atoms with E-state index in [-0.39, 0.29) is 12.4 Å². The van der Waals surface area contributed by atoms with Crippen LogP contribution in [0.4, 0.5) is 0 Å². The maximum Gasteiger partial charge on any atom is 0.307 e. The number of rotatable bonds is 4. The third-order valence-corrected chi connectivity index (χ3v) is 2.90. The maximum atomic E-state index is 10.6. The molecule has 0 amide bonds. The van der Waals surface area contributed by atoms with Crippen LogP contribution in [0.15, 0.2) is 42.5 Å². The zero-order valence-corrected chi connectivity index (χ0v) is 12.3. The van der Waals surface area contributed by atoms with Gasteiger partial charge in [-0.1, -0.05) is 49.4 Å². The molecule has 0 bridgehead atoms.